The van der Waals surface area contributed by atoms with Crippen molar-refractivity contribution in [2.75, 3.05) is 10.6 Å². The maximum atomic E-state index is 12.7. The van der Waals surface area contributed by atoms with Crippen molar-refractivity contribution in [3.63, 3.8) is 0 Å². The first-order chi connectivity index (χ1) is 18.3. The molecule has 3 N–H and O–H groups in total. The number of fused-ring (bicyclic) bond motifs is 1. The topological polar surface area (TPSA) is 96.5 Å². The molecule has 2 amide bonds. The van der Waals surface area contributed by atoms with Crippen LogP contribution in [-0.4, -0.2) is 16.9 Å². The zero-order valence-corrected chi connectivity index (χ0v) is 22.1. The molecule has 10 heteroatoms. The number of carbonyl (C=O) groups is 2. The second-order valence-corrected chi connectivity index (χ2v) is 9.58. The Labute approximate surface area is 232 Å². The molecule has 2 heterocycles. The number of benzene rings is 3. The van der Waals surface area contributed by atoms with Crippen molar-refractivity contribution < 1.29 is 18.4 Å². The fraction of sp³-hybridized carbons (Fsp3) is 0.0357. The third kappa shape index (κ3) is 5.57. The number of nitrogens with one attached hydrogen (secondary N) is 3. The van der Waals surface area contributed by atoms with Crippen molar-refractivity contribution in [2.24, 2.45) is 0 Å². The summed E-state index contributed by atoms with van der Waals surface area (Å²) in [7, 11) is 0. The summed E-state index contributed by atoms with van der Waals surface area (Å²) in [4.78, 5) is 25.3. The second kappa shape index (κ2) is 10.7. The number of anilines is 2. The van der Waals surface area contributed by atoms with Crippen molar-refractivity contribution in [2.45, 2.75) is 6.92 Å². The SMILES string of the molecule is Cc1cc(NC(=S)NC(=O)c2ccc(-c3cc(Cl)ccc3Cl)o2)ccc1NC(=O)c1cc2ccccc2o1. The number of carbonyl (C=O) groups excluding carboxylic acids is 2. The molecule has 0 spiro atoms. The van der Waals surface area contributed by atoms with Gasteiger partial charge in [-0.05, 0) is 85.4 Å². The Morgan fingerprint density at radius 2 is 1.63 bits per heavy atom. The van der Waals surface area contributed by atoms with Crippen LogP contribution in [0.4, 0.5) is 11.4 Å². The summed E-state index contributed by atoms with van der Waals surface area (Å²) in [6, 6.07) is 22.5. The van der Waals surface area contributed by atoms with E-state index in [1.807, 2.05) is 25.1 Å². The van der Waals surface area contributed by atoms with Gasteiger partial charge in [-0.3, -0.25) is 14.9 Å². The van der Waals surface area contributed by atoms with Crippen LogP contribution in [0.2, 0.25) is 10.0 Å². The highest BCUT2D eigenvalue weighted by atomic mass is 35.5. The van der Waals surface area contributed by atoms with E-state index in [1.54, 1.807) is 54.6 Å². The van der Waals surface area contributed by atoms with Crippen molar-refractivity contribution in [3.8, 4) is 11.3 Å². The quantitative estimate of drug-likeness (QED) is 0.190. The molecule has 190 valence electrons. The lowest BCUT2D eigenvalue weighted by Gasteiger charge is -2.12. The number of furan rings is 2. The monoisotopic (exact) mass is 563 g/mol. The average Bonchev–Trinajstić information content (AvgIpc) is 3.55. The fourth-order valence-corrected chi connectivity index (χ4v) is 4.37. The first kappa shape index (κ1) is 25.5. The summed E-state index contributed by atoms with van der Waals surface area (Å²) in [6.07, 6.45) is 0. The Bertz CT molecular complexity index is 1680. The van der Waals surface area contributed by atoms with E-state index in [0.717, 1.165) is 10.9 Å². The van der Waals surface area contributed by atoms with Crippen molar-refractivity contribution in [3.05, 3.63) is 106 Å². The Morgan fingerprint density at radius 1 is 0.816 bits per heavy atom. The molecule has 0 bridgehead atoms. The minimum atomic E-state index is -0.529. The van der Waals surface area contributed by atoms with Crippen LogP contribution in [0.1, 0.15) is 26.7 Å². The van der Waals surface area contributed by atoms with Gasteiger partial charge in [0.05, 0.1) is 5.02 Å². The van der Waals surface area contributed by atoms with Gasteiger partial charge in [0, 0.05) is 27.3 Å². The van der Waals surface area contributed by atoms with E-state index in [1.165, 1.54) is 6.07 Å². The average molecular weight is 564 g/mol. The normalized spacial score (nSPS) is 10.8. The van der Waals surface area contributed by atoms with Gasteiger partial charge in [0.15, 0.2) is 16.6 Å². The first-order valence-electron chi connectivity index (χ1n) is 11.3. The number of halogens is 2. The molecule has 0 fully saturated rings. The molecule has 7 nitrogen and oxygen atoms in total. The Hall–Kier alpha value is -4.11. The molecular formula is C28H19Cl2N3O4S. The lowest BCUT2D eigenvalue weighted by molar-refractivity contribution is 0.0950. The van der Waals surface area contributed by atoms with Gasteiger partial charge in [-0.25, -0.2) is 0 Å². The van der Waals surface area contributed by atoms with Crippen LogP contribution in [-0.2, 0) is 0 Å². The molecule has 0 aliphatic heterocycles. The van der Waals surface area contributed by atoms with Crippen LogP contribution < -0.4 is 16.0 Å². The summed E-state index contributed by atoms with van der Waals surface area (Å²) < 4.78 is 11.3. The van der Waals surface area contributed by atoms with Gasteiger partial charge < -0.3 is 19.5 Å². The second-order valence-electron chi connectivity index (χ2n) is 8.33. The number of para-hydroxylation sites is 1. The summed E-state index contributed by atoms with van der Waals surface area (Å²) in [5.41, 5.74) is 3.23. The largest absolute Gasteiger partial charge is 0.451 e. The highest BCUT2D eigenvalue weighted by Crippen LogP contribution is 2.32. The third-order valence-corrected chi connectivity index (χ3v) is 6.40. The molecule has 0 aliphatic rings. The lowest BCUT2D eigenvalue weighted by atomic mass is 10.1. The van der Waals surface area contributed by atoms with Gasteiger partial charge >= 0.3 is 0 Å². The minimum absolute atomic E-state index is 0.0556. The van der Waals surface area contributed by atoms with Gasteiger partial charge in [0.2, 0.25) is 0 Å². The van der Waals surface area contributed by atoms with Crippen molar-refractivity contribution in [1.29, 1.82) is 0 Å². The predicted molar refractivity (Wildman–Crippen MR) is 153 cm³/mol. The molecule has 0 aliphatic carbocycles. The van der Waals surface area contributed by atoms with E-state index in [0.29, 0.717) is 38.3 Å². The molecule has 5 aromatic rings. The summed E-state index contributed by atoms with van der Waals surface area (Å²) in [6.45, 7) is 1.84. The Kier molecular flexibility index (Phi) is 7.20. The van der Waals surface area contributed by atoms with Crippen molar-refractivity contribution >= 4 is 74.7 Å². The van der Waals surface area contributed by atoms with Crippen LogP contribution in [0.15, 0.2) is 87.7 Å². The van der Waals surface area contributed by atoms with Crippen LogP contribution in [0.25, 0.3) is 22.3 Å². The van der Waals surface area contributed by atoms with Gasteiger partial charge in [-0.1, -0.05) is 41.4 Å². The Morgan fingerprint density at radius 3 is 2.42 bits per heavy atom. The fourth-order valence-electron chi connectivity index (χ4n) is 3.78. The number of aryl methyl sites for hydroxylation is 1. The molecule has 38 heavy (non-hydrogen) atoms. The minimum Gasteiger partial charge on any atom is -0.451 e. The zero-order chi connectivity index (χ0) is 26.8. The van der Waals surface area contributed by atoms with E-state index in [-0.39, 0.29) is 22.5 Å². The highest BCUT2D eigenvalue weighted by molar-refractivity contribution is 7.80. The Balaban J connectivity index is 1.20. The zero-order valence-electron chi connectivity index (χ0n) is 19.8. The molecule has 0 radical (unpaired) electrons. The number of hydrogen-bond donors (Lipinski definition) is 3. The highest BCUT2D eigenvalue weighted by Gasteiger charge is 2.17. The number of thiocarbonyl (C=S) groups is 1. The molecule has 0 saturated heterocycles. The molecule has 0 atom stereocenters. The molecule has 0 saturated carbocycles. The van der Waals surface area contributed by atoms with Crippen LogP contribution in [0, 0.1) is 6.92 Å². The van der Waals surface area contributed by atoms with E-state index in [2.05, 4.69) is 16.0 Å². The summed E-state index contributed by atoms with van der Waals surface area (Å²) in [5, 5.41) is 10.3. The lowest BCUT2D eigenvalue weighted by Crippen LogP contribution is -2.33. The van der Waals surface area contributed by atoms with E-state index in [4.69, 9.17) is 44.3 Å². The maximum absolute atomic E-state index is 12.7. The third-order valence-electron chi connectivity index (χ3n) is 5.63. The number of rotatable bonds is 5. The summed E-state index contributed by atoms with van der Waals surface area (Å²) in [5.74, 6) is -0.212. The molecule has 2 aromatic heterocycles. The van der Waals surface area contributed by atoms with Crippen molar-refractivity contribution in [1.82, 2.24) is 5.32 Å². The standard InChI is InChI=1S/C28H19Cl2N3O4S/c1-15-12-18(7-9-21(15)32-27(35)25-13-16-4-2-3-5-22(16)36-25)31-28(38)33-26(34)24-11-10-23(37-24)19-14-17(29)6-8-20(19)30/h2-14H,1H3,(H,32,35)(H2,31,33,34,38). The summed E-state index contributed by atoms with van der Waals surface area (Å²) >= 11 is 17.5. The maximum Gasteiger partial charge on any atom is 0.293 e. The van der Waals surface area contributed by atoms with E-state index in [9.17, 15) is 9.59 Å². The number of amides is 2. The van der Waals surface area contributed by atoms with Gasteiger partial charge in [-0.15, -0.1) is 0 Å². The first-order valence-corrected chi connectivity index (χ1v) is 12.5. The molecule has 3 aromatic carbocycles. The smallest absolute Gasteiger partial charge is 0.293 e. The van der Waals surface area contributed by atoms with Crippen LogP contribution >= 0.6 is 35.4 Å². The van der Waals surface area contributed by atoms with Crippen LogP contribution in [0.5, 0.6) is 0 Å². The van der Waals surface area contributed by atoms with E-state index >= 15 is 0 Å². The molecular weight excluding hydrogens is 545 g/mol. The van der Waals surface area contributed by atoms with Gasteiger partial charge in [0.25, 0.3) is 11.8 Å². The number of hydrogen-bond acceptors (Lipinski definition) is 5. The van der Waals surface area contributed by atoms with Gasteiger partial charge in [-0.2, -0.15) is 0 Å². The van der Waals surface area contributed by atoms with Gasteiger partial charge in [0.1, 0.15) is 11.3 Å². The molecule has 5 rings (SSSR count). The molecule has 0 unspecified atom stereocenters. The predicted octanol–water partition coefficient (Wildman–Crippen LogP) is 7.69. The van der Waals surface area contributed by atoms with Crippen LogP contribution in [0.3, 0.4) is 0 Å². The van der Waals surface area contributed by atoms with E-state index < -0.39 is 5.91 Å².